The minimum atomic E-state index is -3.79. The lowest BCUT2D eigenvalue weighted by molar-refractivity contribution is -0.139. The van der Waals surface area contributed by atoms with Crippen LogP contribution in [0.3, 0.4) is 0 Å². The number of carboxylic acids is 1. The first kappa shape index (κ1) is 19.3. The Labute approximate surface area is 146 Å². The molecule has 0 saturated carbocycles. The van der Waals surface area contributed by atoms with Gasteiger partial charge in [-0.15, -0.1) is 0 Å². The van der Waals surface area contributed by atoms with Gasteiger partial charge in [-0.25, -0.2) is 12.8 Å². The molecule has 1 unspecified atom stereocenters. The molecule has 1 atom stereocenters. The molecular weight excluding hydrogens is 351 g/mol. The van der Waals surface area contributed by atoms with Crippen LogP contribution in [0.1, 0.15) is 19.3 Å². The third-order valence-electron chi connectivity index (χ3n) is 4.22. The van der Waals surface area contributed by atoms with Crippen molar-refractivity contribution in [1.82, 2.24) is 9.21 Å². The van der Waals surface area contributed by atoms with Gasteiger partial charge in [-0.3, -0.25) is 9.59 Å². The quantitative estimate of drug-likeness (QED) is 0.809. The SMILES string of the molecule is CN(CCC(=O)O)C(=O)C1CCCN(S(=O)(=O)c2ccc(F)cc2)C1. The lowest BCUT2D eigenvalue weighted by Gasteiger charge is -2.33. The summed E-state index contributed by atoms with van der Waals surface area (Å²) in [5.41, 5.74) is 0. The van der Waals surface area contributed by atoms with E-state index in [0.29, 0.717) is 19.4 Å². The van der Waals surface area contributed by atoms with Gasteiger partial charge in [0, 0.05) is 26.7 Å². The van der Waals surface area contributed by atoms with Crippen molar-refractivity contribution in [2.24, 2.45) is 5.92 Å². The number of piperidine rings is 1. The van der Waals surface area contributed by atoms with Crippen LogP contribution in [0.2, 0.25) is 0 Å². The summed E-state index contributed by atoms with van der Waals surface area (Å²) in [5, 5.41) is 8.70. The number of carbonyl (C=O) groups excluding carboxylic acids is 1. The normalized spacial score (nSPS) is 18.7. The zero-order valence-corrected chi connectivity index (χ0v) is 14.7. The van der Waals surface area contributed by atoms with Crippen LogP contribution in [0.5, 0.6) is 0 Å². The molecule has 1 saturated heterocycles. The molecule has 0 aromatic heterocycles. The average molecular weight is 372 g/mol. The van der Waals surface area contributed by atoms with Crippen LogP contribution >= 0.6 is 0 Å². The van der Waals surface area contributed by atoms with Gasteiger partial charge in [0.2, 0.25) is 15.9 Å². The van der Waals surface area contributed by atoms with Gasteiger partial charge in [-0.2, -0.15) is 4.31 Å². The first-order chi connectivity index (χ1) is 11.7. The Hall–Kier alpha value is -2.00. The van der Waals surface area contributed by atoms with E-state index in [4.69, 9.17) is 5.11 Å². The van der Waals surface area contributed by atoms with E-state index in [1.165, 1.54) is 28.4 Å². The van der Waals surface area contributed by atoms with Crippen molar-refractivity contribution < 1.29 is 27.5 Å². The molecule has 1 N–H and O–H groups in total. The van der Waals surface area contributed by atoms with Crippen molar-refractivity contribution in [3.05, 3.63) is 30.1 Å². The number of sulfonamides is 1. The Balaban J connectivity index is 2.08. The smallest absolute Gasteiger partial charge is 0.305 e. The van der Waals surface area contributed by atoms with Crippen LogP contribution < -0.4 is 0 Å². The van der Waals surface area contributed by atoms with E-state index in [-0.39, 0.29) is 30.3 Å². The molecule has 0 spiro atoms. The van der Waals surface area contributed by atoms with Crippen LogP contribution in [0.25, 0.3) is 0 Å². The van der Waals surface area contributed by atoms with Gasteiger partial charge in [-0.1, -0.05) is 0 Å². The van der Waals surface area contributed by atoms with Gasteiger partial charge in [-0.05, 0) is 37.1 Å². The second-order valence-electron chi connectivity index (χ2n) is 6.06. The highest BCUT2D eigenvalue weighted by atomic mass is 32.2. The molecular formula is C16H21FN2O5S. The first-order valence-electron chi connectivity index (χ1n) is 7.94. The van der Waals surface area contributed by atoms with Crippen LogP contribution in [0.15, 0.2) is 29.2 Å². The Morgan fingerprint density at radius 1 is 1.32 bits per heavy atom. The van der Waals surface area contributed by atoms with Crippen molar-refractivity contribution in [3.8, 4) is 0 Å². The lowest BCUT2D eigenvalue weighted by Crippen LogP contribution is -2.46. The van der Waals surface area contributed by atoms with Crippen molar-refractivity contribution >= 4 is 21.9 Å². The number of carboxylic acid groups (broad SMARTS) is 1. The number of benzene rings is 1. The Bertz CT molecular complexity index is 735. The topological polar surface area (TPSA) is 95.0 Å². The Kier molecular flexibility index (Phi) is 6.12. The summed E-state index contributed by atoms with van der Waals surface area (Å²) >= 11 is 0. The van der Waals surface area contributed by atoms with E-state index in [1.807, 2.05) is 0 Å². The van der Waals surface area contributed by atoms with E-state index in [1.54, 1.807) is 0 Å². The number of nitrogens with zero attached hydrogens (tertiary/aromatic N) is 2. The van der Waals surface area contributed by atoms with Crippen molar-refractivity contribution in [3.63, 3.8) is 0 Å². The van der Waals surface area contributed by atoms with Gasteiger partial charge in [0.1, 0.15) is 5.82 Å². The molecule has 0 bridgehead atoms. The van der Waals surface area contributed by atoms with Gasteiger partial charge in [0.05, 0.1) is 17.2 Å². The van der Waals surface area contributed by atoms with E-state index in [0.717, 1.165) is 12.1 Å². The van der Waals surface area contributed by atoms with Gasteiger partial charge in [0.15, 0.2) is 0 Å². The Morgan fingerprint density at radius 3 is 2.56 bits per heavy atom. The molecule has 1 fully saturated rings. The molecule has 2 rings (SSSR count). The van der Waals surface area contributed by atoms with Gasteiger partial charge < -0.3 is 10.0 Å². The van der Waals surface area contributed by atoms with Crippen LogP contribution in [-0.2, 0) is 19.6 Å². The van der Waals surface area contributed by atoms with Crippen molar-refractivity contribution in [2.75, 3.05) is 26.7 Å². The average Bonchev–Trinajstić information content (AvgIpc) is 2.59. The number of aliphatic carboxylic acids is 1. The summed E-state index contributed by atoms with van der Waals surface area (Å²) in [6.07, 6.45) is 0.918. The molecule has 1 aromatic rings. The molecule has 0 radical (unpaired) electrons. The number of amides is 1. The molecule has 7 nitrogen and oxygen atoms in total. The maximum Gasteiger partial charge on any atom is 0.305 e. The number of hydrogen-bond donors (Lipinski definition) is 1. The summed E-state index contributed by atoms with van der Waals surface area (Å²) < 4.78 is 39.5. The van der Waals surface area contributed by atoms with E-state index >= 15 is 0 Å². The maximum atomic E-state index is 13.0. The zero-order chi connectivity index (χ0) is 18.6. The highest BCUT2D eigenvalue weighted by molar-refractivity contribution is 7.89. The fourth-order valence-electron chi connectivity index (χ4n) is 2.80. The fraction of sp³-hybridized carbons (Fsp3) is 0.500. The molecule has 0 aliphatic carbocycles. The van der Waals surface area contributed by atoms with Crippen LogP contribution in [0, 0.1) is 11.7 Å². The number of hydrogen-bond acceptors (Lipinski definition) is 4. The first-order valence-corrected chi connectivity index (χ1v) is 9.38. The minimum Gasteiger partial charge on any atom is -0.481 e. The third kappa shape index (κ3) is 4.76. The van der Waals surface area contributed by atoms with Crippen molar-refractivity contribution in [1.29, 1.82) is 0 Å². The predicted octanol–water partition coefficient (Wildman–Crippen LogP) is 1.16. The summed E-state index contributed by atoms with van der Waals surface area (Å²) in [5.74, 6) is -2.29. The van der Waals surface area contributed by atoms with E-state index in [9.17, 15) is 22.4 Å². The molecule has 1 amide bonds. The molecule has 25 heavy (non-hydrogen) atoms. The monoisotopic (exact) mass is 372 g/mol. The molecule has 1 aliphatic rings. The highest BCUT2D eigenvalue weighted by Gasteiger charge is 2.34. The fourth-order valence-corrected chi connectivity index (χ4v) is 4.33. The van der Waals surface area contributed by atoms with Crippen LogP contribution in [-0.4, -0.2) is 61.3 Å². The summed E-state index contributed by atoms with van der Waals surface area (Å²) in [7, 11) is -2.28. The summed E-state index contributed by atoms with van der Waals surface area (Å²) in [6, 6.07) is 4.57. The molecule has 1 heterocycles. The summed E-state index contributed by atoms with van der Waals surface area (Å²) in [6.45, 7) is 0.410. The van der Waals surface area contributed by atoms with Gasteiger partial charge in [0.25, 0.3) is 0 Å². The zero-order valence-electron chi connectivity index (χ0n) is 13.9. The number of halogens is 1. The summed E-state index contributed by atoms with van der Waals surface area (Å²) in [4.78, 5) is 24.4. The standard InChI is InChI=1S/C16H21FN2O5S/c1-18(10-8-15(20)21)16(22)12-3-2-9-19(11-12)25(23,24)14-6-4-13(17)5-7-14/h4-7,12H,2-3,8-11H2,1H3,(H,20,21). The molecule has 1 aromatic carbocycles. The minimum absolute atomic E-state index is 0.0127. The highest BCUT2D eigenvalue weighted by Crippen LogP contribution is 2.25. The number of carbonyl (C=O) groups is 2. The second kappa shape index (κ2) is 7.92. The number of rotatable bonds is 6. The lowest BCUT2D eigenvalue weighted by atomic mass is 9.98. The van der Waals surface area contributed by atoms with Gasteiger partial charge >= 0.3 is 5.97 Å². The maximum absolute atomic E-state index is 13.0. The molecule has 9 heteroatoms. The Morgan fingerprint density at radius 2 is 1.96 bits per heavy atom. The molecule has 1 aliphatic heterocycles. The second-order valence-corrected chi connectivity index (χ2v) is 8.00. The molecule has 138 valence electrons. The van der Waals surface area contributed by atoms with E-state index in [2.05, 4.69) is 0 Å². The predicted molar refractivity (Wildman–Crippen MR) is 87.8 cm³/mol. The van der Waals surface area contributed by atoms with E-state index < -0.39 is 27.7 Å². The largest absolute Gasteiger partial charge is 0.481 e. The van der Waals surface area contributed by atoms with Crippen molar-refractivity contribution in [2.45, 2.75) is 24.2 Å². The third-order valence-corrected chi connectivity index (χ3v) is 6.10. The van der Waals surface area contributed by atoms with Crippen LogP contribution in [0.4, 0.5) is 4.39 Å².